The van der Waals surface area contributed by atoms with Crippen molar-refractivity contribution in [2.75, 3.05) is 0 Å². The van der Waals surface area contributed by atoms with Crippen LogP contribution >= 0.6 is 12.6 Å². The van der Waals surface area contributed by atoms with Gasteiger partial charge in [-0.05, 0) is 93.6 Å². The molecule has 1 aliphatic carbocycles. The van der Waals surface area contributed by atoms with Gasteiger partial charge >= 0.3 is 0 Å². The second-order valence-corrected chi connectivity index (χ2v) is 10.4. The number of thiol groups is 1. The minimum absolute atomic E-state index is 0.929. The first kappa shape index (κ1) is 27.7. The number of hydrogen-bond donors (Lipinski definition) is 1. The number of rotatable bonds is 11. The molecule has 38 heavy (non-hydrogen) atoms. The summed E-state index contributed by atoms with van der Waals surface area (Å²) in [7, 11) is 0. The molecule has 0 amide bonds. The molecule has 0 heterocycles. The van der Waals surface area contributed by atoms with E-state index < -0.39 is 0 Å². The molecular formula is C37H40S. The highest BCUT2D eigenvalue weighted by atomic mass is 32.1. The molecule has 0 N–H and O–H groups in total. The van der Waals surface area contributed by atoms with Gasteiger partial charge in [0.15, 0.2) is 0 Å². The Bertz CT molecular complexity index is 1470. The summed E-state index contributed by atoms with van der Waals surface area (Å²) in [5, 5.41) is 5.60. The predicted octanol–water partition coefficient (Wildman–Crippen LogP) is 11.1. The number of benzene rings is 3. The Kier molecular flexibility index (Phi) is 10.2. The maximum absolute atomic E-state index is 4.91. The van der Waals surface area contributed by atoms with Crippen LogP contribution in [0.25, 0.3) is 26.5 Å². The fourth-order valence-electron chi connectivity index (χ4n) is 5.33. The average Bonchev–Trinajstić information content (AvgIpc) is 2.94. The third kappa shape index (κ3) is 6.77. The van der Waals surface area contributed by atoms with Gasteiger partial charge in [-0.2, -0.15) is 0 Å². The standard InChI is InChI=1S/C37H40S/c1-4-7-8-9-10-17-28-18-13-19-29(26-28)20-14-23-37(38)30-24-25-35-31(15-5-2)33-21-11-12-22-34(33)32(16-6-3)36(35)27-30/h4,8-9,11-14,17-25,27,38H,1,5-7,10,15-16,26H2,2-3H3/b9-8-,20-14+,28-17-,37-23-. The highest BCUT2D eigenvalue weighted by Gasteiger charge is 2.14. The summed E-state index contributed by atoms with van der Waals surface area (Å²) >= 11 is 4.91. The maximum Gasteiger partial charge on any atom is 0.0113 e. The predicted molar refractivity (Wildman–Crippen MR) is 174 cm³/mol. The van der Waals surface area contributed by atoms with E-state index in [0.29, 0.717) is 0 Å². The van der Waals surface area contributed by atoms with Crippen molar-refractivity contribution in [1.29, 1.82) is 0 Å². The summed E-state index contributed by atoms with van der Waals surface area (Å²) in [5.74, 6) is 0. The van der Waals surface area contributed by atoms with Crippen LogP contribution < -0.4 is 0 Å². The van der Waals surface area contributed by atoms with Crippen molar-refractivity contribution >= 4 is 39.1 Å². The molecule has 0 aromatic heterocycles. The second kappa shape index (κ2) is 14.0. The number of allylic oxidation sites excluding steroid dienone is 12. The van der Waals surface area contributed by atoms with Crippen molar-refractivity contribution in [2.45, 2.75) is 58.8 Å². The number of hydrogen-bond acceptors (Lipinski definition) is 1. The van der Waals surface area contributed by atoms with Gasteiger partial charge in [0.25, 0.3) is 0 Å². The van der Waals surface area contributed by atoms with Crippen LogP contribution in [0.4, 0.5) is 0 Å². The van der Waals surface area contributed by atoms with Gasteiger partial charge in [-0.15, -0.1) is 19.2 Å². The maximum atomic E-state index is 4.91. The Hall–Kier alpha value is -3.29. The van der Waals surface area contributed by atoms with Crippen molar-refractivity contribution in [3.63, 3.8) is 0 Å². The SMILES string of the molecule is C=CC/C=C\C/C=C1/C=CC=C(/C=C/C=C(\S)c2ccc3c(CCC)c4ccccc4c(CCC)c3c2)C1. The van der Waals surface area contributed by atoms with E-state index in [1.807, 2.05) is 6.08 Å². The van der Waals surface area contributed by atoms with Gasteiger partial charge in [-0.3, -0.25) is 0 Å². The Morgan fingerprint density at radius 2 is 1.58 bits per heavy atom. The molecule has 1 aliphatic rings. The first-order valence-electron chi connectivity index (χ1n) is 14.0. The summed E-state index contributed by atoms with van der Waals surface area (Å²) in [4.78, 5) is 0.992. The lowest BCUT2D eigenvalue weighted by molar-refractivity contribution is 0.927. The van der Waals surface area contributed by atoms with Crippen molar-refractivity contribution in [3.8, 4) is 0 Å². The minimum Gasteiger partial charge on any atom is -0.143 e. The van der Waals surface area contributed by atoms with E-state index in [1.54, 1.807) is 0 Å². The monoisotopic (exact) mass is 516 g/mol. The molecule has 4 rings (SSSR count). The van der Waals surface area contributed by atoms with E-state index in [2.05, 4.69) is 118 Å². The van der Waals surface area contributed by atoms with Crippen LogP contribution in [-0.2, 0) is 12.8 Å². The van der Waals surface area contributed by atoms with Crippen LogP contribution in [0.3, 0.4) is 0 Å². The molecule has 1 heteroatoms. The molecule has 0 aliphatic heterocycles. The average molecular weight is 517 g/mol. The normalized spacial score (nSPS) is 15.4. The van der Waals surface area contributed by atoms with E-state index >= 15 is 0 Å². The fourth-order valence-corrected chi connectivity index (χ4v) is 5.55. The van der Waals surface area contributed by atoms with E-state index in [0.717, 1.165) is 49.9 Å². The molecule has 0 bridgehead atoms. The zero-order valence-electron chi connectivity index (χ0n) is 22.9. The molecule has 0 fully saturated rings. The van der Waals surface area contributed by atoms with Gasteiger partial charge < -0.3 is 0 Å². The second-order valence-electron chi connectivity index (χ2n) is 9.96. The molecule has 0 nitrogen and oxygen atoms in total. The molecule has 0 unspecified atom stereocenters. The lowest BCUT2D eigenvalue weighted by atomic mass is 9.87. The Balaban J connectivity index is 1.60. The molecule has 0 saturated carbocycles. The van der Waals surface area contributed by atoms with Crippen LogP contribution in [0, 0.1) is 0 Å². The van der Waals surface area contributed by atoms with Gasteiger partial charge in [-0.1, -0.05) is 118 Å². The smallest absolute Gasteiger partial charge is 0.0113 e. The van der Waals surface area contributed by atoms with E-state index in [1.165, 1.54) is 49.4 Å². The molecule has 194 valence electrons. The van der Waals surface area contributed by atoms with Crippen LogP contribution in [-0.4, -0.2) is 0 Å². The van der Waals surface area contributed by atoms with Crippen LogP contribution in [0.15, 0.2) is 121 Å². The lowest BCUT2D eigenvalue weighted by Gasteiger charge is -2.17. The summed E-state index contributed by atoms with van der Waals surface area (Å²) in [6.07, 6.45) is 28.9. The quantitative estimate of drug-likeness (QED) is 0.111. The van der Waals surface area contributed by atoms with Crippen molar-refractivity contribution in [3.05, 3.63) is 138 Å². The largest absolute Gasteiger partial charge is 0.143 e. The zero-order valence-corrected chi connectivity index (χ0v) is 23.8. The summed E-state index contributed by atoms with van der Waals surface area (Å²) in [6.45, 7) is 8.30. The van der Waals surface area contributed by atoms with Gasteiger partial charge in [0.2, 0.25) is 0 Å². The fraction of sp³-hybridized carbons (Fsp3) is 0.243. The Labute approximate surface area is 235 Å². The van der Waals surface area contributed by atoms with Crippen molar-refractivity contribution in [2.24, 2.45) is 0 Å². The summed E-state index contributed by atoms with van der Waals surface area (Å²) < 4.78 is 0. The zero-order chi connectivity index (χ0) is 26.7. The number of fused-ring (bicyclic) bond motifs is 2. The minimum atomic E-state index is 0.929. The van der Waals surface area contributed by atoms with Crippen molar-refractivity contribution < 1.29 is 0 Å². The van der Waals surface area contributed by atoms with Gasteiger partial charge in [0.05, 0.1) is 0 Å². The molecule has 3 aromatic rings. The molecule has 0 radical (unpaired) electrons. The lowest BCUT2D eigenvalue weighted by Crippen LogP contribution is -1.96. The first-order valence-corrected chi connectivity index (χ1v) is 14.5. The summed E-state index contributed by atoms with van der Waals surface area (Å²) in [5.41, 5.74) is 6.79. The van der Waals surface area contributed by atoms with Crippen molar-refractivity contribution in [1.82, 2.24) is 0 Å². The third-order valence-electron chi connectivity index (χ3n) is 7.12. The van der Waals surface area contributed by atoms with E-state index in [9.17, 15) is 0 Å². The summed E-state index contributed by atoms with van der Waals surface area (Å²) in [6, 6.07) is 15.9. The number of aryl methyl sites for hydroxylation is 2. The molecular weight excluding hydrogens is 476 g/mol. The van der Waals surface area contributed by atoms with E-state index in [4.69, 9.17) is 12.6 Å². The molecule has 0 saturated heterocycles. The Morgan fingerprint density at radius 3 is 2.29 bits per heavy atom. The molecule has 3 aromatic carbocycles. The highest BCUT2D eigenvalue weighted by molar-refractivity contribution is 7.90. The van der Waals surface area contributed by atoms with Crippen LogP contribution in [0.5, 0.6) is 0 Å². The molecule has 0 spiro atoms. The molecule has 0 atom stereocenters. The van der Waals surface area contributed by atoms with Gasteiger partial charge in [0, 0.05) is 4.91 Å². The third-order valence-corrected chi connectivity index (χ3v) is 7.53. The van der Waals surface area contributed by atoms with Crippen LogP contribution in [0.1, 0.15) is 62.6 Å². The topological polar surface area (TPSA) is 0 Å². The van der Waals surface area contributed by atoms with Gasteiger partial charge in [-0.25, -0.2) is 0 Å². The van der Waals surface area contributed by atoms with Gasteiger partial charge in [0.1, 0.15) is 0 Å². The first-order chi connectivity index (χ1) is 18.7. The Morgan fingerprint density at radius 1 is 0.895 bits per heavy atom. The van der Waals surface area contributed by atoms with Crippen LogP contribution in [0.2, 0.25) is 0 Å². The highest BCUT2D eigenvalue weighted by Crippen LogP contribution is 2.36. The van der Waals surface area contributed by atoms with E-state index in [-0.39, 0.29) is 0 Å².